The molecule has 11 nitrogen and oxygen atoms in total. The van der Waals surface area contributed by atoms with Crippen molar-refractivity contribution < 1.29 is 34.5 Å². The molecule has 142 valence electrons. The third kappa shape index (κ3) is 5.66. The van der Waals surface area contributed by atoms with Crippen LogP contribution in [0.1, 0.15) is 19.8 Å². The van der Waals surface area contributed by atoms with Crippen molar-refractivity contribution >= 4 is 23.7 Å². The fourth-order valence-electron chi connectivity index (χ4n) is 2.45. The van der Waals surface area contributed by atoms with Gasteiger partial charge in [0.05, 0.1) is 19.3 Å². The van der Waals surface area contributed by atoms with Gasteiger partial charge in [0.15, 0.2) is 6.04 Å². The molecule has 0 aromatic heterocycles. The van der Waals surface area contributed by atoms with Crippen molar-refractivity contribution in [1.29, 1.82) is 0 Å². The quantitative estimate of drug-likeness (QED) is 0.256. The van der Waals surface area contributed by atoms with Crippen molar-refractivity contribution in [2.24, 2.45) is 5.73 Å². The summed E-state index contributed by atoms with van der Waals surface area (Å²) in [5.41, 5.74) is 5.31. The van der Waals surface area contributed by atoms with Crippen LogP contribution in [-0.4, -0.2) is 87.8 Å². The standard InChI is InChI=1S/C14H24N4O7/c1-7(20)11(14(24)25)17-13(23)9-3-2-4-18(9)10(21)5-16-12(22)8(15)6-19/h7-9,11,19-20H,2-6,15H2,1H3,(H,16,22)(H,17,23)(H,24,25). The normalized spacial score (nSPS) is 20.5. The first-order valence-corrected chi connectivity index (χ1v) is 7.83. The highest BCUT2D eigenvalue weighted by atomic mass is 16.4. The number of nitrogens with two attached hydrogens (primary N) is 1. The number of amides is 3. The Bertz CT molecular complexity index is 525. The van der Waals surface area contributed by atoms with Crippen LogP contribution < -0.4 is 16.4 Å². The summed E-state index contributed by atoms with van der Waals surface area (Å²) < 4.78 is 0. The maximum absolute atomic E-state index is 12.3. The Morgan fingerprint density at radius 1 is 1.32 bits per heavy atom. The van der Waals surface area contributed by atoms with E-state index in [4.69, 9.17) is 15.9 Å². The van der Waals surface area contributed by atoms with Crippen molar-refractivity contribution in [1.82, 2.24) is 15.5 Å². The van der Waals surface area contributed by atoms with Crippen LogP contribution in [0, 0.1) is 0 Å². The van der Waals surface area contributed by atoms with Gasteiger partial charge < -0.3 is 36.6 Å². The Labute approximate surface area is 144 Å². The highest BCUT2D eigenvalue weighted by molar-refractivity contribution is 5.93. The van der Waals surface area contributed by atoms with Crippen LogP contribution >= 0.6 is 0 Å². The van der Waals surface area contributed by atoms with E-state index >= 15 is 0 Å². The maximum atomic E-state index is 12.3. The number of carboxylic acid groups (broad SMARTS) is 1. The summed E-state index contributed by atoms with van der Waals surface area (Å²) in [7, 11) is 0. The number of aliphatic hydroxyl groups excluding tert-OH is 2. The van der Waals surface area contributed by atoms with Gasteiger partial charge in [0.1, 0.15) is 12.1 Å². The molecule has 11 heteroatoms. The van der Waals surface area contributed by atoms with E-state index in [2.05, 4.69) is 10.6 Å². The average Bonchev–Trinajstić information content (AvgIpc) is 3.05. The van der Waals surface area contributed by atoms with Gasteiger partial charge in [-0.05, 0) is 19.8 Å². The minimum absolute atomic E-state index is 0.283. The zero-order valence-electron chi connectivity index (χ0n) is 13.8. The lowest BCUT2D eigenvalue weighted by Gasteiger charge is -2.26. The fraction of sp³-hybridized carbons (Fsp3) is 0.714. The lowest BCUT2D eigenvalue weighted by molar-refractivity contribution is -0.146. The molecule has 0 spiro atoms. The molecule has 1 aliphatic heterocycles. The molecule has 7 N–H and O–H groups in total. The van der Waals surface area contributed by atoms with Crippen LogP contribution in [0.25, 0.3) is 0 Å². The lowest BCUT2D eigenvalue weighted by Crippen LogP contribution is -2.55. The number of hydrogen-bond donors (Lipinski definition) is 6. The Morgan fingerprint density at radius 3 is 2.48 bits per heavy atom. The summed E-state index contributed by atoms with van der Waals surface area (Å²) in [5.74, 6) is -3.29. The molecule has 3 amide bonds. The van der Waals surface area contributed by atoms with Gasteiger partial charge in [-0.3, -0.25) is 14.4 Å². The highest BCUT2D eigenvalue weighted by Gasteiger charge is 2.36. The number of hydrogen-bond acceptors (Lipinski definition) is 7. The second-order valence-corrected chi connectivity index (χ2v) is 5.82. The second kappa shape index (κ2) is 9.30. The minimum atomic E-state index is -1.48. The number of carboxylic acids is 1. The first-order valence-electron chi connectivity index (χ1n) is 7.83. The molecule has 0 aromatic carbocycles. The number of nitrogens with zero attached hydrogens (tertiary/aromatic N) is 1. The first kappa shape index (κ1) is 20.8. The monoisotopic (exact) mass is 360 g/mol. The van der Waals surface area contributed by atoms with Crippen LogP contribution in [0.5, 0.6) is 0 Å². The van der Waals surface area contributed by atoms with Crippen LogP contribution in [0.3, 0.4) is 0 Å². The largest absolute Gasteiger partial charge is 0.480 e. The Morgan fingerprint density at radius 2 is 1.96 bits per heavy atom. The molecule has 4 atom stereocenters. The molecule has 1 aliphatic rings. The van der Waals surface area contributed by atoms with Crippen molar-refractivity contribution in [2.75, 3.05) is 19.7 Å². The van der Waals surface area contributed by atoms with Crippen LogP contribution in [0.15, 0.2) is 0 Å². The van der Waals surface area contributed by atoms with Crippen molar-refractivity contribution in [2.45, 2.75) is 44.0 Å². The molecule has 0 radical (unpaired) electrons. The van der Waals surface area contributed by atoms with E-state index in [1.54, 1.807) is 0 Å². The van der Waals surface area contributed by atoms with E-state index in [0.717, 1.165) is 0 Å². The van der Waals surface area contributed by atoms with E-state index in [-0.39, 0.29) is 6.54 Å². The van der Waals surface area contributed by atoms with Gasteiger partial charge in [-0.1, -0.05) is 0 Å². The Balaban J connectivity index is 2.65. The van der Waals surface area contributed by atoms with E-state index < -0.39 is 61.1 Å². The van der Waals surface area contributed by atoms with Gasteiger partial charge in [-0.15, -0.1) is 0 Å². The molecule has 0 saturated carbocycles. The zero-order valence-corrected chi connectivity index (χ0v) is 13.8. The van der Waals surface area contributed by atoms with Gasteiger partial charge in [0.25, 0.3) is 0 Å². The summed E-state index contributed by atoms with van der Waals surface area (Å²) in [5, 5.41) is 31.7. The van der Waals surface area contributed by atoms with Gasteiger partial charge in [0, 0.05) is 6.54 Å². The summed E-state index contributed by atoms with van der Waals surface area (Å²) in [6.45, 7) is 0.557. The summed E-state index contributed by atoms with van der Waals surface area (Å²) in [6, 6.07) is -3.50. The average molecular weight is 360 g/mol. The van der Waals surface area contributed by atoms with Crippen molar-refractivity contribution in [3.05, 3.63) is 0 Å². The third-order valence-corrected chi connectivity index (χ3v) is 3.87. The van der Waals surface area contributed by atoms with Crippen molar-refractivity contribution in [3.8, 4) is 0 Å². The summed E-state index contributed by atoms with van der Waals surface area (Å²) in [4.78, 5) is 48.2. The first-order chi connectivity index (χ1) is 11.7. The predicted octanol–water partition coefficient (Wildman–Crippen LogP) is -3.64. The fourth-order valence-corrected chi connectivity index (χ4v) is 2.45. The highest BCUT2D eigenvalue weighted by Crippen LogP contribution is 2.17. The van der Waals surface area contributed by atoms with Crippen LogP contribution in [0.4, 0.5) is 0 Å². The van der Waals surface area contributed by atoms with E-state index in [1.165, 1.54) is 11.8 Å². The van der Waals surface area contributed by atoms with Crippen LogP contribution in [0.2, 0.25) is 0 Å². The lowest BCUT2D eigenvalue weighted by atomic mass is 10.1. The number of likely N-dealkylation sites (tertiary alicyclic amines) is 1. The number of aliphatic carboxylic acids is 1. The summed E-state index contributed by atoms with van der Waals surface area (Å²) >= 11 is 0. The van der Waals surface area contributed by atoms with Gasteiger partial charge in [-0.2, -0.15) is 0 Å². The number of carbonyl (C=O) groups is 4. The molecule has 0 aromatic rings. The molecule has 0 bridgehead atoms. The van der Waals surface area contributed by atoms with Gasteiger partial charge in [0.2, 0.25) is 17.7 Å². The summed E-state index contributed by atoms with van der Waals surface area (Å²) in [6.07, 6.45) is -0.417. The number of nitrogens with one attached hydrogen (secondary N) is 2. The predicted molar refractivity (Wildman–Crippen MR) is 84.1 cm³/mol. The van der Waals surface area contributed by atoms with Crippen LogP contribution in [-0.2, 0) is 19.2 Å². The van der Waals surface area contributed by atoms with E-state index in [9.17, 15) is 24.3 Å². The molecule has 1 rings (SSSR count). The molecule has 25 heavy (non-hydrogen) atoms. The Kier molecular flexibility index (Phi) is 7.74. The molecular weight excluding hydrogens is 336 g/mol. The Hall–Kier alpha value is -2.24. The van der Waals surface area contributed by atoms with Crippen molar-refractivity contribution in [3.63, 3.8) is 0 Å². The van der Waals surface area contributed by atoms with E-state index in [0.29, 0.717) is 12.8 Å². The zero-order chi connectivity index (χ0) is 19.1. The molecule has 0 aliphatic carbocycles. The molecular formula is C14H24N4O7. The third-order valence-electron chi connectivity index (χ3n) is 3.87. The minimum Gasteiger partial charge on any atom is -0.480 e. The number of aliphatic hydroxyl groups is 2. The molecule has 1 heterocycles. The van der Waals surface area contributed by atoms with Gasteiger partial charge >= 0.3 is 5.97 Å². The molecule has 4 unspecified atom stereocenters. The van der Waals surface area contributed by atoms with Gasteiger partial charge in [-0.25, -0.2) is 4.79 Å². The molecule has 1 fully saturated rings. The second-order valence-electron chi connectivity index (χ2n) is 5.82. The topological polar surface area (TPSA) is 182 Å². The number of carbonyl (C=O) groups excluding carboxylic acids is 3. The molecule has 1 saturated heterocycles. The SMILES string of the molecule is CC(O)C(NC(=O)C1CCCN1C(=O)CNC(=O)C(N)CO)C(=O)O. The number of rotatable bonds is 8. The van der Waals surface area contributed by atoms with E-state index in [1.807, 2.05) is 0 Å². The smallest absolute Gasteiger partial charge is 0.328 e. The maximum Gasteiger partial charge on any atom is 0.328 e.